The summed E-state index contributed by atoms with van der Waals surface area (Å²) >= 11 is 6.09. The van der Waals surface area contributed by atoms with Crippen LogP contribution in [-0.4, -0.2) is 22.6 Å². The molecule has 1 heterocycles. The zero-order valence-electron chi connectivity index (χ0n) is 13.0. The Kier molecular flexibility index (Phi) is 5.19. The Bertz CT molecular complexity index is 647. The van der Waals surface area contributed by atoms with Gasteiger partial charge in [0.25, 0.3) is 0 Å². The molecular weight excluding hydrogens is 302 g/mol. The monoisotopic (exact) mass is 321 g/mol. The van der Waals surface area contributed by atoms with Crippen LogP contribution in [0.1, 0.15) is 33.1 Å². The maximum Gasteiger partial charge on any atom is 0.227 e. The molecule has 0 fully saturated rings. The molecule has 1 aromatic carbocycles. The molecule has 0 saturated heterocycles. The van der Waals surface area contributed by atoms with Gasteiger partial charge in [-0.15, -0.1) is 0 Å². The van der Waals surface area contributed by atoms with Crippen LogP contribution in [0, 0.1) is 5.41 Å². The molecule has 1 aromatic heterocycles. The Hall–Kier alpha value is -1.88. The fourth-order valence-electron chi connectivity index (χ4n) is 1.78. The zero-order valence-corrected chi connectivity index (χ0v) is 13.8. The fraction of sp³-hybridized carbons (Fsp3) is 0.438. The van der Waals surface area contributed by atoms with E-state index in [-0.39, 0.29) is 11.3 Å². The molecule has 0 radical (unpaired) electrons. The molecule has 2 rings (SSSR count). The molecule has 0 bridgehead atoms. The van der Waals surface area contributed by atoms with Crippen LogP contribution in [0.25, 0.3) is 11.4 Å². The fourth-order valence-corrected chi connectivity index (χ4v) is 2.00. The molecule has 0 atom stereocenters. The van der Waals surface area contributed by atoms with E-state index in [0.717, 1.165) is 5.56 Å². The van der Waals surface area contributed by atoms with E-state index in [2.05, 4.69) is 36.2 Å². The van der Waals surface area contributed by atoms with Crippen molar-refractivity contribution in [3.05, 3.63) is 35.2 Å². The van der Waals surface area contributed by atoms with Gasteiger partial charge >= 0.3 is 0 Å². The van der Waals surface area contributed by atoms with Crippen LogP contribution in [-0.2, 0) is 11.2 Å². The summed E-state index contributed by atoms with van der Waals surface area (Å²) in [6.45, 7) is 6.85. The second-order valence-corrected chi connectivity index (χ2v) is 6.74. The Balaban J connectivity index is 1.90. The number of carbonyl (C=O) groups is 1. The SMILES string of the molecule is CC(C)(C)CNC(=O)CCc1nc(-c2ccccc2Cl)no1. The number of amides is 1. The summed E-state index contributed by atoms with van der Waals surface area (Å²) in [7, 11) is 0. The lowest BCUT2D eigenvalue weighted by Gasteiger charge is -2.18. The first-order valence-electron chi connectivity index (χ1n) is 7.19. The van der Waals surface area contributed by atoms with Gasteiger partial charge in [-0.05, 0) is 17.5 Å². The summed E-state index contributed by atoms with van der Waals surface area (Å²) < 4.78 is 5.17. The molecule has 6 heteroatoms. The molecule has 118 valence electrons. The van der Waals surface area contributed by atoms with Crippen LogP contribution in [0.3, 0.4) is 0 Å². The molecule has 0 spiro atoms. The van der Waals surface area contributed by atoms with E-state index >= 15 is 0 Å². The zero-order chi connectivity index (χ0) is 16.2. The van der Waals surface area contributed by atoms with Crippen molar-refractivity contribution in [1.82, 2.24) is 15.5 Å². The minimum atomic E-state index is -0.0209. The Labute approximate surface area is 135 Å². The quantitative estimate of drug-likeness (QED) is 0.915. The lowest BCUT2D eigenvalue weighted by molar-refractivity contribution is -0.121. The molecule has 5 nitrogen and oxygen atoms in total. The first-order chi connectivity index (χ1) is 10.3. The summed E-state index contributed by atoms with van der Waals surface area (Å²) in [5, 5.41) is 7.37. The van der Waals surface area contributed by atoms with Crippen molar-refractivity contribution in [3.8, 4) is 11.4 Å². The van der Waals surface area contributed by atoms with Crippen LogP contribution in [0.5, 0.6) is 0 Å². The number of nitrogens with zero attached hydrogens (tertiary/aromatic N) is 2. The minimum Gasteiger partial charge on any atom is -0.356 e. The second-order valence-electron chi connectivity index (χ2n) is 6.33. The van der Waals surface area contributed by atoms with E-state index in [1.54, 1.807) is 6.07 Å². The van der Waals surface area contributed by atoms with Crippen molar-refractivity contribution in [2.24, 2.45) is 5.41 Å². The van der Waals surface area contributed by atoms with Gasteiger partial charge in [0.2, 0.25) is 17.6 Å². The van der Waals surface area contributed by atoms with Gasteiger partial charge in [0, 0.05) is 24.9 Å². The highest BCUT2D eigenvalue weighted by atomic mass is 35.5. The molecule has 2 aromatic rings. The number of benzene rings is 1. The number of aryl methyl sites for hydroxylation is 1. The molecule has 1 N–H and O–H groups in total. The Morgan fingerprint density at radius 3 is 2.73 bits per heavy atom. The largest absolute Gasteiger partial charge is 0.356 e. The highest BCUT2D eigenvalue weighted by Gasteiger charge is 2.14. The van der Waals surface area contributed by atoms with Gasteiger partial charge in [-0.2, -0.15) is 4.98 Å². The van der Waals surface area contributed by atoms with Crippen molar-refractivity contribution in [1.29, 1.82) is 0 Å². The standard InChI is InChI=1S/C16H20ClN3O2/c1-16(2,3)10-18-13(21)8-9-14-19-15(20-22-14)11-6-4-5-7-12(11)17/h4-7H,8-10H2,1-3H3,(H,18,21). The number of hydrogen-bond donors (Lipinski definition) is 1. The predicted molar refractivity (Wildman–Crippen MR) is 85.5 cm³/mol. The summed E-state index contributed by atoms with van der Waals surface area (Å²) in [6.07, 6.45) is 0.730. The number of rotatable bonds is 5. The van der Waals surface area contributed by atoms with E-state index in [1.807, 2.05) is 18.2 Å². The molecule has 0 unspecified atom stereocenters. The lowest BCUT2D eigenvalue weighted by Crippen LogP contribution is -2.32. The van der Waals surface area contributed by atoms with E-state index < -0.39 is 0 Å². The van der Waals surface area contributed by atoms with E-state index in [9.17, 15) is 4.79 Å². The van der Waals surface area contributed by atoms with Crippen LogP contribution in [0.4, 0.5) is 0 Å². The molecule has 0 aliphatic heterocycles. The first-order valence-corrected chi connectivity index (χ1v) is 7.57. The number of hydrogen-bond acceptors (Lipinski definition) is 4. The van der Waals surface area contributed by atoms with E-state index in [4.69, 9.17) is 16.1 Å². The average molecular weight is 322 g/mol. The smallest absolute Gasteiger partial charge is 0.227 e. The molecule has 0 saturated carbocycles. The maximum atomic E-state index is 11.8. The Morgan fingerprint density at radius 2 is 2.05 bits per heavy atom. The average Bonchev–Trinajstić information content (AvgIpc) is 2.91. The number of halogens is 1. The Morgan fingerprint density at radius 1 is 1.32 bits per heavy atom. The topological polar surface area (TPSA) is 68.0 Å². The predicted octanol–water partition coefficient (Wildman–Crippen LogP) is 3.48. The van der Waals surface area contributed by atoms with Crippen molar-refractivity contribution in [2.75, 3.05) is 6.54 Å². The van der Waals surface area contributed by atoms with Crippen molar-refractivity contribution < 1.29 is 9.32 Å². The van der Waals surface area contributed by atoms with Crippen molar-refractivity contribution >= 4 is 17.5 Å². The normalized spacial score (nSPS) is 11.5. The maximum absolute atomic E-state index is 11.8. The number of aromatic nitrogens is 2. The van der Waals surface area contributed by atoms with Crippen molar-refractivity contribution in [2.45, 2.75) is 33.6 Å². The van der Waals surface area contributed by atoms with Crippen LogP contribution < -0.4 is 5.32 Å². The van der Waals surface area contributed by atoms with Gasteiger partial charge in [-0.1, -0.05) is 49.7 Å². The van der Waals surface area contributed by atoms with Gasteiger partial charge in [-0.3, -0.25) is 4.79 Å². The lowest BCUT2D eigenvalue weighted by atomic mass is 9.97. The van der Waals surface area contributed by atoms with E-state index in [1.165, 1.54) is 0 Å². The highest BCUT2D eigenvalue weighted by Crippen LogP contribution is 2.24. The van der Waals surface area contributed by atoms with Gasteiger partial charge in [0.05, 0.1) is 5.02 Å². The highest BCUT2D eigenvalue weighted by molar-refractivity contribution is 6.33. The molecule has 22 heavy (non-hydrogen) atoms. The van der Waals surface area contributed by atoms with E-state index in [0.29, 0.717) is 36.1 Å². The summed E-state index contributed by atoms with van der Waals surface area (Å²) in [5.41, 5.74) is 0.786. The summed E-state index contributed by atoms with van der Waals surface area (Å²) in [6, 6.07) is 7.30. The van der Waals surface area contributed by atoms with Gasteiger partial charge in [0.1, 0.15) is 0 Å². The molecule has 1 amide bonds. The molecule has 0 aliphatic carbocycles. The van der Waals surface area contributed by atoms with Gasteiger partial charge in [-0.25, -0.2) is 0 Å². The number of carbonyl (C=O) groups excluding carboxylic acids is 1. The van der Waals surface area contributed by atoms with Gasteiger partial charge < -0.3 is 9.84 Å². The van der Waals surface area contributed by atoms with Gasteiger partial charge in [0.15, 0.2) is 0 Å². The van der Waals surface area contributed by atoms with Crippen LogP contribution >= 0.6 is 11.6 Å². The minimum absolute atomic E-state index is 0.0209. The third-order valence-electron chi connectivity index (χ3n) is 2.96. The number of nitrogens with one attached hydrogen (secondary N) is 1. The second kappa shape index (κ2) is 6.92. The van der Waals surface area contributed by atoms with Crippen LogP contribution in [0.2, 0.25) is 5.02 Å². The third-order valence-corrected chi connectivity index (χ3v) is 3.29. The molecule has 0 aliphatic rings. The summed E-state index contributed by atoms with van der Waals surface area (Å²) in [4.78, 5) is 16.1. The van der Waals surface area contributed by atoms with Crippen LogP contribution in [0.15, 0.2) is 28.8 Å². The summed E-state index contributed by atoms with van der Waals surface area (Å²) in [5.74, 6) is 0.851. The first kappa shape index (κ1) is 16.5. The van der Waals surface area contributed by atoms with Crippen molar-refractivity contribution in [3.63, 3.8) is 0 Å². The third kappa shape index (κ3) is 4.84. The molecular formula is C16H20ClN3O2.